The Bertz CT molecular complexity index is 1140. The summed E-state index contributed by atoms with van der Waals surface area (Å²) < 4.78 is 27.2. The van der Waals surface area contributed by atoms with Crippen LogP contribution in [0.4, 0.5) is 5.82 Å². The number of carbonyl (C=O) groups excluding carboxylic acids is 3. The minimum Gasteiger partial charge on any atom is -0.310 e. The van der Waals surface area contributed by atoms with E-state index in [0.717, 1.165) is 0 Å². The van der Waals surface area contributed by atoms with E-state index in [1.807, 2.05) is 0 Å². The van der Waals surface area contributed by atoms with Gasteiger partial charge in [0.2, 0.25) is 15.9 Å². The number of hydrogen-bond donors (Lipinski definition) is 2. The van der Waals surface area contributed by atoms with Gasteiger partial charge in [0.15, 0.2) is 0 Å². The number of nitrogens with zero attached hydrogens (tertiary/aromatic N) is 2. The normalized spacial score (nSPS) is 17.5. The van der Waals surface area contributed by atoms with Crippen molar-refractivity contribution in [2.75, 3.05) is 18.4 Å². The first-order valence-corrected chi connectivity index (χ1v) is 11.0. The van der Waals surface area contributed by atoms with Gasteiger partial charge in [-0.2, -0.15) is 4.31 Å². The van der Waals surface area contributed by atoms with Gasteiger partial charge in [0, 0.05) is 25.2 Å². The van der Waals surface area contributed by atoms with Crippen LogP contribution in [0.3, 0.4) is 0 Å². The second kappa shape index (κ2) is 7.78. The number of hydrogen-bond acceptors (Lipinski definition) is 6. The molecule has 1 saturated heterocycles. The van der Waals surface area contributed by atoms with Gasteiger partial charge < -0.3 is 5.32 Å². The molecule has 0 saturated carbocycles. The molecule has 3 amide bonds. The average molecular weight is 449 g/mol. The van der Waals surface area contributed by atoms with Crippen molar-refractivity contribution in [2.45, 2.75) is 17.7 Å². The van der Waals surface area contributed by atoms with Gasteiger partial charge in [-0.25, -0.2) is 13.4 Å². The molecule has 156 valence electrons. The van der Waals surface area contributed by atoms with E-state index < -0.39 is 21.8 Å². The minimum absolute atomic E-state index is 0.0470. The number of halogens is 1. The van der Waals surface area contributed by atoms with E-state index in [1.165, 1.54) is 28.7 Å². The number of rotatable bonds is 4. The molecule has 4 rings (SSSR count). The molecule has 30 heavy (non-hydrogen) atoms. The van der Waals surface area contributed by atoms with E-state index >= 15 is 0 Å². The molecule has 1 fully saturated rings. The summed E-state index contributed by atoms with van der Waals surface area (Å²) in [5, 5.41) is 5.31. The van der Waals surface area contributed by atoms with Crippen LogP contribution in [0.5, 0.6) is 0 Å². The fourth-order valence-electron chi connectivity index (χ4n) is 3.49. The number of piperidine rings is 1. The first kappa shape index (κ1) is 20.5. The highest BCUT2D eigenvalue weighted by atomic mass is 35.5. The maximum absolute atomic E-state index is 13.0. The Morgan fingerprint density at radius 1 is 1.10 bits per heavy atom. The number of benzene rings is 1. The number of nitrogens with one attached hydrogen (secondary N) is 2. The smallest absolute Gasteiger partial charge is 0.258 e. The number of pyridine rings is 1. The number of anilines is 1. The molecular weight excluding hydrogens is 432 g/mol. The maximum atomic E-state index is 13.0. The predicted molar refractivity (Wildman–Crippen MR) is 108 cm³/mol. The second-order valence-electron chi connectivity index (χ2n) is 7.02. The Balaban J connectivity index is 1.43. The van der Waals surface area contributed by atoms with Gasteiger partial charge in [0.25, 0.3) is 11.8 Å². The summed E-state index contributed by atoms with van der Waals surface area (Å²) in [7, 11) is -3.85. The van der Waals surface area contributed by atoms with E-state index in [-0.39, 0.29) is 40.9 Å². The monoisotopic (exact) mass is 448 g/mol. The van der Waals surface area contributed by atoms with Crippen LogP contribution in [0.2, 0.25) is 5.02 Å². The first-order valence-electron chi connectivity index (χ1n) is 9.18. The van der Waals surface area contributed by atoms with Crippen molar-refractivity contribution in [1.82, 2.24) is 14.6 Å². The molecule has 3 heterocycles. The van der Waals surface area contributed by atoms with E-state index in [9.17, 15) is 22.8 Å². The molecule has 0 spiro atoms. The highest BCUT2D eigenvalue weighted by molar-refractivity contribution is 7.89. The zero-order valence-corrected chi connectivity index (χ0v) is 17.2. The average Bonchev–Trinajstić information content (AvgIpc) is 3.03. The lowest BCUT2D eigenvalue weighted by molar-refractivity contribution is -0.120. The van der Waals surface area contributed by atoms with Gasteiger partial charge in [0.05, 0.1) is 21.0 Å². The molecule has 2 aliphatic rings. The second-order valence-corrected chi connectivity index (χ2v) is 9.39. The third-order valence-electron chi connectivity index (χ3n) is 5.15. The lowest BCUT2D eigenvalue weighted by Gasteiger charge is -2.30. The molecule has 11 heteroatoms. The van der Waals surface area contributed by atoms with E-state index in [4.69, 9.17) is 11.6 Å². The van der Waals surface area contributed by atoms with Crippen LogP contribution in [0.25, 0.3) is 0 Å². The van der Waals surface area contributed by atoms with Crippen LogP contribution < -0.4 is 10.6 Å². The van der Waals surface area contributed by atoms with Gasteiger partial charge >= 0.3 is 0 Å². The summed E-state index contributed by atoms with van der Waals surface area (Å²) in [6.07, 6.45) is 2.13. The highest BCUT2D eigenvalue weighted by Gasteiger charge is 2.34. The molecule has 0 radical (unpaired) electrons. The van der Waals surface area contributed by atoms with Gasteiger partial charge in [0.1, 0.15) is 5.82 Å². The van der Waals surface area contributed by atoms with Crippen molar-refractivity contribution in [3.05, 3.63) is 52.7 Å². The summed E-state index contributed by atoms with van der Waals surface area (Å²) in [5.41, 5.74) is 0.205. The Kier molecular flexibility index (Phi) is 5.31. The van der Waals surface area contributed by atoms with Crippen molar-refractivity contribution in [1.29, 1.82) is 0 Å². The van der Waals surface area contributed by atoms with E-state index in [1.54, 1.807) is 12.1 Å². The quantitative estimate of drug-likeness (QED) is 0.685. The third kappa shape index (κ3) is 3.81. The third-order valence-corrected chi connectivity index (χ3v) is 7.27. The van der Waals surface area contributed by atoms with Crippen molar-refractivity contribution in [2.24, 2.45) is 5.92 Å². The molecule has 2 N–H and O–H groups in total. The van der Waals surface area contributed by atoms with Gasteiger partial charge in [-0.05, 0) is 43.2 Å². The fraction of sp³-hybridized carbons (Fsp3) is 0.263. The van der Waals surface area contributed by atoms with Gasteiger partial charge in [-0.1, -0.05) is 11.6 Å². The molecule has 0 aliphatic carbocycles. The lowest BCUT2D eigenvalue weighted by Crippen LogP contribution is -2.41. The molecule has 2 aliphatic heterocycles. The molecule has 0 atom stereocenters. The molecule has 1 aromatic heterocycles. The number of fused-ring (bicyclic) bond motifs is 1. The summed E-state index contributed by atoms with van der Waals surface area (Å²) in [6.45, 7) is 0.327. The zero-order chi connectivity index (χ0) is 21.5. The lowest BCUT2D eigenvalue weighted by atomic mass is 9.97. The summed E-state index contributed by atoms with van der Waals surface area (Å²) in [4.78, 5) is 39.9. The van der Waals surface area contributed by atoms with Crippen LogP contribution in [0, 0.1) is 5.92 Å². The fourth-order valence-corrected chi connectivity index (χ4v) is 5.10. The Labute approximate surface area is 177 Å². The van der Waals surface area contributed by atoms with Gasteiger partial charge in [-0.15, -0.1) is 0 Å². The maximum Gasteiger partial charge on any atom is 0.258 e. The number of carbonyl (C=O) groups is 3. The predicted octanol–water partition coefficient (Wildman–Crippen LogP) is 1.66. The van der Waals surface area contributed by atoms with Crippen LogP contribution in [0.1, 0.15) is 33.6 Å². The van der Waals surface area contributed by atoms with E-state index in [2.05, 4.69) is 15.6 Å². The zero-order valence-electron chi connectivity index (χ0n) is 15.6. The first-order chi connectivity index (χ1) is 14.3. The topological polar surface area (TPSA) is 126 Å². The van der Waals surface area contributed by atoms with Crippen LogP contribution in [0.15, 0.2) is 41.4 Å². The minimum atomic E-state index is -3.85. The largest absolute Gasteiger partial charge is 0.310 e. The van der Waals surface area contributed by atoms with Gasteiger partial charge in [-0.3, -0.25) is 19.7 Å². The molecule has 9 nitrogen and oxygen atoms in total. The molecule has 2 aromatic rings. The number of imide groups is 1. The van der Waals surface area contributed by atoms with E-state index in [0.29, 0.717) is 23.7 Å². The van der Waals surface area contributed by atoms with Crippen molar-refractivity contribution >= 4 is 45.2 Å². The summed E-state index contributed by atoms with van der Waals surface area (Å²) >= 11 is 5.78. The van der Waals surface area contributed by atoms with Crippen LogP contribution in [-0.2, 0) is 14.8 Å². The molecular formula is C19H17ClN4O5S. The Morgan fingerprint density at radius 3 is 2.47 bits per heavy atom. The number of sulfonamides is 1. The Morgan fingerprint density at radius 2 is 1.80 bits per heavy atom. The SMILES string of the molecule is O=C1NC(=O)c2cc(S(=O)(=O)N3CCC(C(=O)Nc4ccc(Cl)cn4)CC3)ccc21. The van der Waals surface area contributed by atoms with Crippen molar-refractivity contribution in [3.8, 4) is 0 Å². The Hall–Kier alpha value is -2.82. The molecule has 0 bridgehead atoms. The molecule has 0 unspecified atom stereocenters. The van der Waals surface area contributed by atoms with Crippen LogP contribution in [-0.4, -0.2) is 48.5 Å². The van der Waals surface area contributed by atoms with Crippen molar-refractivity contribution < 1.29 is 22.8 Å². The van der Waals surface area contributed by atoms with Crippen LogP contribution >= 0.6 is 11.6 Å². The number of amides is 3. The highest BCUT2D eigenvalue weighted by Crippen LogP contribution is 2.27. The molecule has 1 aromatic carbocycles. The van der Waals surface area contributed by atoms with Crippen molar-refractivity contribution in [3.63, 3.8) is 0 Å². The summed E-state index contributed by atoms with van der Waals surface area (Å²) in [5.74, 6) is -1.35. The standard InChI is InChI=1S/C19H17ClN4O5S/c20-12-1-4-16(21-10-12)22-17(25)11-5-7-24(8-6-11)30(28,29)13-2-3-14-15(9-13)19(27)23-18(14)26/h1-4,9-11H,5-8H2,(H,21,22,25)(H,23,26,27). The summed E-state index contributed by atoms with van der Waals surface area (Å²) in [6, 6.07) is 7.08. The number of aromatic nitrogens is 1.